The van der Waals surface area contributed by atoms with Crippen LogP contribution in [0.3, 0.4) is 0 Å². The van der Waals surface area contributed by atoms with Gasteiger partial charge in [0.15, 0.2) is 5.78 Å². The Kier molecular flexibility index (Phi) is 6.88. The number of urea groups is 1. The van der Waals surface area contributed by atoms with Crippen molar-refractivity contribution in [3.63, 3.8) is 0 Å². The molecule has 1 aromatic carbocycles. The van der Waals surface area contributed by atoms with E-state index in [-0.39, 0.29) is 11.7 Å². The standard InChI is InChI=1S/C27H25N7O4S/c35-25-21-16(4-1-5-17(21)31-27(37)32-20-14-29-11-12-38-20)23-22(25)24(34-33-23)18-6-7-19(39-18)26(36)30-10-8-15-3-2-9-28-13-15/h1-7,9,13,20,29H,8,10-12,14H2,(H,30,36)(H,33,34)(H2,31,32,37). The lowest BCUT2D eigenvalue weighted by molar-refractivity contribution is 0.0156. The van der Waals surface area contributed by atoms with E-state index in [4.69, 9.17) is 4.74 Å². The average molecular weight is 544 g/mol. The Morgan fingerprint density at radius 1 is 1.13 bits per heavy atom. The number of benzene rings is 1. The number of anilines is 1. The number of hydrogen-bond acceptors (Lipinski definition) is 8. The van der Waals surface area contributed by atoms with Gasteiger partial charge in [-0.05, 0) is 36.2 Å². The molecular weight excluding hydrogens is 518 g/mol. The molecule has 0 bridgehead atoms. The van der Waals surface area contributed by atoms with Crippen molar-refractivity contribution in [3.05, 3.63) is 76.4 Å². The molecule has 0 saturated carbocycles. The zero-order chi connectivity index (χ0) is 26.8. The quantitative estimate of drug-likeness (QED) is 0.212. The monoisotopic (exact) mass is 543 g/mol. The maximum absolute atomic E-state index is 13.6. The van der Waals surface area contributed by atoms with E-state index in [1.165, 1.54) is 11.3 Å². The molecule has 2 aliphatic rings. The molecule has 1 unspecified atom stereocenters. The van der Waals surface area contributed by atoms with Gasteiger partial charge in [0.1, 0.15) is 11.9 Å². The third kappa shape index (κ3) is 5.04. The van der Waals surface area contributed by atoms with Crippen LogP contribution in [0.2, 0.25) is 0 Å². The van der Waals surface area contributed by atoms with Gasteiger partial charge in [0, 0.05) is 37.6 Å². The lowest BCUT2D eigenvalue weighted by Gasteiger charge is -2.24. The summed E-state index contributed by atoms with van der Waals surface area (Å²) in [7, 11) is 0. The SMILES string of the molecule is O=C(Nc1cccc2c1C(=O)c1c-2n[nH]c1-c1ccc(C(=O)NCCc2cccnc2)s1)NC1CNCCO1. The first-order chi connectivity index (χ1) is 19.1. The zero-order valence-corrected chi connectivity index (χ0v) is 21.6. The highest BCUT2D eigenvalue weighted by Crippen LogP contribution is 2.44. The number of aromatic amines is 1. The van der Waals surface area contributed by atoms with Crippen LogP contribution in [0.25, 0.3) is 21.8 Å². The summed E-state index contributed by atoms with van der Waals surface area (Å²) in [6, 6.07) is 12.2. The van der Waals surface area contributed by atoms with Crippen LogP contribution in [0.5, 0.6) is 0 Å². The number of hydrogen-bond donors (Lipinski definition) is 5. The van der Waals surface area contributed by atoms with Crippen LogP contribution < -0.4 is 21.3 Å². The number of nitrogens with one attached hydrogen (secondary N) is 5. The fourth-order valence-electron chi connectivity index (χ4n) is 4.67. The number of amides is 3. The molecule has 1 saturated heterocycles. The van der Waals surface area contributed by atoms with Gasteiger partial charge in [-0.2, -0.15) is 5.10 Å². The molecule has 6 rings (SSSR count). The molecule has 12 heteroatoms. The van der Waals surface area contributed by atoms with Crippen molar-refractivity contribution in [3.8, 4) is 21.8 Å². The molecule has 0 radical (unpaired) electrons. The van der Waals surface area contributed by atoms with Crippen LogP contribution in [-0.4, -0.2) is 65.4 Å². The molecule has 11 nitrogen and oxygen atoms in total. The summed E-state index contributed by atoms with van der Waals surface area (Å²) in [5.74, 6) is -0.429. The fourth-order valence-corrected chi connectivity index (χ4v) is 5.59. The van der Waals surface area contributed by atoms with Crippen molar-refractivity contribution in [2.24, 2.45) is 0 Å². The van der Waals surface area contributed by atoms with Gasteiger partial charge in [0.25, 0.3) is 5.91 Å². The molecule has 0 spiro atoms. The van der Waals surface area contributed by atoms with Crippen molar-refractivity contribution in [2.45, 2.75) is 12.6 Å². The van der Waals surface area contributed by atoms with E-state index in [1.807, 2.05) is 12.1 Å². The van der Waals surface area contributed by atoms with Crippen LogP contribution in [0.4, 0.5) is 10.5 Å². The molecule has 39 heavy (non-hydrogen) atoms. The predicted octanol–water partition coefficient (Wildman–Crippen LogP) is 2.78. The van der Waals surface area contributed by atoms with Gasteiger partial charge in [0.2, 0.25) is 0 Å². The molecule has 3 aromatic heterocycles. The molecule has 3 amide bonds. The number of fused-ring (bicyclic) bond motifs is 3. The molecule has 1 atom stereocenters. The Balaban J connectivity index is 1.16. The first kappa shape index (κ1) is 24.9. The molecule has 5 N–H and O–H groups in total. The Labute approximate surface area is 227 Å². The Hall–Kier alpha value is -4.39. The summed E-state index contributed by atoms with van der Waals surface area (Å²) in [6.45, 7) is 2.23. The number of carbonyl (C=O) groups is 3. The van der Waals surface area contributed by atoms with Crippen molar-refractivity contribution < 1.29 is 19.1 Å². The van der Waals surface area contributed by atoms with Crippen LogP contribution in [0.1, 0.15) is 31.2 Å². The number of thiophene rings is 1. The van der Waals surface area contributed by atoms with E-state index in [2.05, 4.69) is 36.4 Å². The average Bonchev–Trinajstić information content (AvgIpc) is 3.67. The maximum atomic E-state index is 13.6. The Morgan fingerprint density at radius 2 is 2.05 bits per heavy atom. The molecule has 4 aromatic rings. The van der Waals surface area contributed by atoms with Crippen molar-refractivity contribution in [1.29, 1.82) is 0 Å². The molecule has 1 fully saturated rings. The summed E-state index contributed by atoms with van der Waals surface area (Å²) in [6.07, 6.45) is 3.72. The third-order valence-electron chi connectivity index (χ3n) is 6.51. The van der Waals surface area contributed by atoms with Gasteiger partial charge in [-0.15, -0.1) is 11.3 Å². The molecule has 198 valence electrons. The Morgan fingerprint density at radius 3 is 2.87 bits per heavy atom. The summed E-state index contributed by atoms with van der Waals surface area (Å²) in [5, 5.41) is 19.0. The van der Waals surface area contributed by atoms with Crippen molar-refractivity contribution in [2.75, 3.05) is 31.6 Å². The smallest absolute Gasteiger partial charge is 0.321 e. The van der Waals surface area contributed by atoms with E-state index in [9.17, 15) is 14.4 Å². The second-order valence-electron chi connectivity index (χ2n) is 9.07. The van der Waals surface area contributed by atoms with Crippen molar-refractivity contribution in [1.82, 2.24) is 31.1 Å². The minimum Gasteiger partial charge on any atom is -0.356 e. The van der Waals surface area contributed by atoms with Crippen LogP contribution in [0.15, 0.2) is 54.9 Å². The van der Waals surface area contributed by atoms with E-state index in [1.54, 1.807) is 42.7 Å². The van der Waals surface area contributed by atoms with E-state index >= 15 is 0 Å². The largest absolute Gasteiger partial charge is 0.356 e. The molecule has 4 heterocycles. The second kappa shape index (κ2) is 10.8. The number of morpholine rings is 1. The summed E-state index contributed by atoms with van der Waals surface area (Å²) in [4.78, 5) is 44.3. The minimum atomic E-state index is -0.464. The zero-order valence-electron chi connectivity index (χ0n) is 20.7. The van der Waals surface area contributed by atoms with E-state index < -0.39 is 12.3 Å². The molecule has 1 aliphatic heterocycles. The Bertz CT molecular complexity index is 1540. The second-order valence-corrected chi connectivity index (χ2v) is 10.2. The first-order valence-electron chi connectivity index (χ1n) is 12.5. The van der Waals surface area contributed by atoms with Gasteiger partial charge < -0.3 is 26.0 Å². The van der Waals surface area contributed by atoms with Gasteiger partial charge in [0.05, 0.1) is 38.9 Å². The number of aromatic nitrogens is 3. The third-order valence-corrected chi connectivity index (χ3v) is 7.61. The summed E-state index contributed by atoms with van der Waals surface area (Å²) < 4.78 is 5.52. The summed E-state index contributed by atoms with van der Waals surface area (Å²) in [5.41, 5.74) is 3.94. The first-order valence-corrected chi connectivity index (χ1v) is 13.3. The van der Waals surface area contributed by atoms with Crippen LogP contribution in [0, 0.1) is 0 Å². The van der Waals surface area contributed by atoms with E-state index in [0.29, 0.717) is 64.8 Å². The lowest BCUT2D eigenvalue weighted by atomic mass is 10.1. The maximum Gasteiger partial charge on any atom is 0.321 e. The van der Waals surface area contributed by atoms with Gasteiger partial charge in [-0.25, -0.2) is 4.79 Å². The number of rotatable bonds is 7. The van der Waals surface area contributed by atoms with Gasteiger partial charge >= 0.3 is 6.03 Å². The van der Waals surface area contributed by atoms with Crippen molar-refractivity contribution >= 4 is 34.7 Å². The van der Waals surface area contributed by atoms with Gasteiger partial charge in [-0.3, -0.25) is 19.7 Å². The minimum absolute atomic E-state index is 0.185. The number of ether oxygens (including phenoxy) is 1. The fraction of sp³-hybridized carbons (Fsp3) is 0.222. The number of H-pyrrole nitrogens is 1. The van der Waals surface area contributed by atoms with Crippen LogP contribution >= 0.6 is 11.3 Å². The number of pyridine rings is 1. The number of nitrogens with zero attached hydrogens (tertiary/aromatic N) is 2. The predicted molar refractivity (Wildman–Crippen MR) is 146 cm³/mol. The molecule has 1 aliphatic carbocycles. The van der Waals surface area contributed by atoms with Crippen LogP contribution in [-0.2, 0) is 11.2 Å². The lowest BCUT2D eigenvalue weighted by Crippen LogP contribution is -2.50. The normalized spacial score (nSPS) is 15.9. The highest BCUT2D eigenvalue weighted by Gasteiger charge is 2.35. The van der Waals surface area contributed by atoms with E-state index in [0.717, 1.165) is 17.0 Å². The highest BCUT2D eigenvalue weighted by atomic mass is 32.1. The number of ketones is 1. The number of carbonyl (C=O) groups excluding carboxylic acids is 3. The topological polar surface area (TPSA) is 150 Å². The van der Waals surface area contributed by atoms with Gasteiger partial charge in [-0.1, -0.05) is 18.2 Å². The highest BCUT2D eigenvalue weighted by molar-refractivity contribution is 7.17. The molecular formula is C27H25N7O4S. The summed E-state index contributed by atoms with van der Waals surface area (Å²) >= 11 is 1.28.